The van der Waals surface area contributed by atoms with Crippen molar-refractivity contribution in [1.82, 2.24) is 24.8 Å². The third kappa shape index (κ3) is 4.52. The van der Waals surface area contributed by atoms with Crippen LogP contribution >= 0.6 is 0 Å². The Balaban J connectivity index is 1.58. The molecule has 1 aromatic carbocycles. The topological polar surface area (TPSA) is 130 Å². The quantitative estimate of drug-likeness (QED) is 0.467. The molecule has 0 aliphatic carbocycles. The van der Waals surface area contributed by atoms with E-state index in [9.17, 15) is 9.18 Å². The molecule has 0 radical (unpaired) electrons. The van der Waals surface area contributed by atoms with Crippen molar-refractivity contribution in [3.63, 3.8) is 0 Å². The van der Waals surface area contributed by atoms with Gasteiger partial charge in [0.15, 0.2) is 17.4 Å². The smallest absolute Gasteiger partial charge is 0.404 e. The van der Waals surface area contributed by atoms with Crippen molar-refractivity contribution in [3.8, 4) is 5.75 Å². The average molecular weight is 429 g/mol. The fourth-order valence-electron chi connectivity index (χ4n) is 3.85. The first kappa shape index (κ1) is 20.8. The Morgan fingerprint density at radius 3 is 3.03 bits per heavy atom. The van der Waals surface area contributed by atoms with Gasteiger partial charge in [0, 0.05) is 43.6 Å². The van der Waals surface area contributed by atoms with E-state index in [-0.39, 0.29) is 17.8 Å². The number of nitrogens with two attached hydrogens (primary N) is 1. The Morgan fingerprint density at radius 2 is 2.26 bits per heavy atom. The van der Waals surface area contributed by atoms with Crippen molar-refractivity contribution in [2.75, 3.05) is 25.5 Å². The second kappa shape index (κ2) is 8.74. The number of carbonyl (C=O) groups is 1. The summed E-state index contributed by atoms with van der Waals surface area (Å²) < 4.78 is 20.5. The lowest BCUT2D eigenvalue weighted by Crippen LogP contribution is -2.57. The number of likely N-dealkylation sites (tertiary alicyclic amines) is 1. The first-order chi connectivity index (χ1) is 14.9. The first-order valence-electron chi connectivity index (χ1n) is 9.84. The molecule has 0 bridgehead atoms. The number of rotatable bonds is 6. The Hall–Kier alpha value is -3.44. The number of piperidine rings is 1. The Morgan fingerprint density at radius 1 is 1.42 bits per heavy atom. The minimum Gasteiger partial charge on any atom is -0.494 e. The number of halogens is 1. The van der Waals surface area contributed by atoms with Gasteiger partial charge in [-0.05, 0) is 30.2 Å². The molecule has 1 fully saturated rings. The maximum Gasteiger partial charge on any atom is 0.404 e. The number of nitrogens with one attached hydrogen (secondary N) is 2. The van der Waals surface area contributed by atoms with Gasteiger partial charge in [0.1, 0.15) is 11.8 Å². The third-order valence-electron chi connectivity index (χ3n) is 5.40. The molecule has 1 aliphatic rings. The van der Waals surface area contributed by atoms with Crippen molar-refractivity contribution >= 4 is 23.1 Å². The summed E-state index contributed by atoms with van der Waals surface area (Å²) in [6.45, 7) is 1.84. The van der Waals surface area contributed by atoms with Gasteiger partial charge in [-0.1, -0.05) is 0 Å². The molecular formula is C20H24FN7O3. The molecule has 2 aromatic heterocycles. The average Bonchev–Trinajstić information content (AvgIpc) is 3.15. The second-order valence-corrected chi connectivity index (χ2v) is 7.46. The van der Waals surface area contributed by atoms with Gasteiger partial charge in [-0.2, -0.15) is 5.10 Å². The van der Waals surface area contributed by atoms with Gasteiger partial charge >= 0.3 is 6.09 Å². The Kier molecular flexibility index (Phi) is 5.87. The molecule has 10 nitrogen and oxygen atoms in total. The van der Waals surface area contributed by atoms with E-state index >= 15 is 0 Å². The van der Waals surface area contributed by atoms with Crippen molar-refractivity contribution < 1.29 is 19.0 Å². The van der Waals surface area contributed by atoms with Crippen LogP contribution in [0.4, 0.5) is 20.7 Å². The van der Waals surface area contributed by atoms with Crippen LogP contribution in [-0.4, -0.2) is 63.0 Å². The predicted molar refractivity (Wildman–Crippen MR) is 112 cm³/mol. The molecule has 3 heterocycles. The number of carboxylic acid groups (broad SMARTS) is 1. The monoisotopic (exact) mass is 429 g/mol. The van der Waals surface area contributed by atoms with Crippen molar-refractivity contribution in [1.29, 1.82) is 0 Å². The third-order valence-corrected chi connectivity index (χ3v) is 5.40. The SMILES string of the molecule is COc1cc(Nc2ncnn3ccc(CN4CC[C@@H](N)[C@H](NC(=O)O)C4)c23)ccc1F. The zero-order valence-electron chi connectivity index (χ0n) is 17.0. The van der Waals surface area contributed by atoms with E-state index in [0.29, 0.717) is 31.0 Å². The molecule has 1 aliphatic heterocycles. The van der Waals surface area contributed by atoms with Crippen LogP contribution in [0.5, 0.6) is 5.75 Å². The zero-order valence-corrected chi connectivity index (χ0v) is 17.0. The molecule has 164 valence electrons. The van der Waals surface area contributed by atoms with Crippen LogP contribution in [0, 0.1) is 5.82 Å². The zero-order chi connectivity index (χ0) is 22.0. The molecule has 0 unspecified atom stereocenters. The van der Waals surface area contributed by atoms with E-state index in [1.165, 1.54) is 19.5 Å². The highest BCUT2D eigenvalue weighted by Crippen LogP contribution is 2.27. The molecule has 0 saturated carbocycles. The summed E-state index contributed by atoms with van der Waals surface area (Å²) in [6.07, 6.45) is 2.89. The number of hydrogen-bond acceptors (Lipinski definition) is 7. The van der Waals surface area contributed by atoms with E-state index in [2.05, 4.69) is 25.6 Å². The number of ether oxygens (including phenoxy) is 1. The maximum atomic E-state index is 13.7. The molecule has 1 amide bonds. The van der Waals surface area contributed by atoms with Crippen LogP contribution in [0.3, 0.4) is 0 Å². The Labute approximate surface area is 177 Å². The minimum atomic E-state index is -1.08. The van der Waals surface area contributed by atoms with Gasteiger partial charge in [0.25, 0.3) is 0 Å². The fourth-order valence-corrected chi connectivity index (χ4v) is 3.85. The molecule has 2 atom stereocenters. The molecule has 3 aromatic rings. The summed E-state index contributed by atoms with van der Waals surface area (Å²) in [7, 11) is 1.41. The Bertz CT molecular complexity index is 1090. The number of fused-ring (bicyclic) bond motifs is 1. The highest BCUT2D eigenvalue weighted by molar-refractivity contribution is 5.76. The summed E-state index contributed by atoms with van der Waals surface area (Å²) in [5.41, 5.74) is 8.45. The van der Waals surface area contributed by atoms with E-state index < -0.39 is 11.9 Å². The largest absolute Gasteiger partial charge is 0.494 e. The predicted octanol–water partition coefficient (Wildman–Crippen LogP) is 1.79. The fraction of sp³-hybridized carbons (Fsp3) is 0.350. The highest BCUT2D eigenvalue weighted by Gasteiger charge is 2.28. The number of hydrogen-bond donors (Lipinski definition) is 4. The number of anilines is 2. The van der Waals surface area contributed by atoms with Crippen molar-refractivity contribution in [2.24, 2.45) is 5.73 Å². The second-order valence-electron chi connectivity index (χ2n) is 7.46. The van der Waals surface area contributed by atoms with Gasteiger partial charge in [-0.15, -0.1) is 0 Å². The summed E-state index contributed by atoms with van der Waals surface area (Å²) in [5, 5.41) is 19.0. The molecule has 4 rings (SSSR count). The van der Waals surface area contributed by atoms with Gasteiger partial charge in [0.2, 0.25) is 0 Å². The van der Waals surface area contributed by atoms with E-state index in [1.54, 1.807) is 16.6 Å². The summed E-state index contributed by atoms with van der Waals surface area (Å²) in [6, 6.07) is 5.89. The summed E-state index contributed by atoms with van der Waals surface area (Å²) in [4.78, 5) is 17.6. The van der Waals surface area contributed by atoms with Crippen LogP contribution < -0.4 is 21.1 Å². The molecular weight excluding hydrogens is 405 g/mol. The van der Waals surface area contributed by atoms with Gasteiger partial charge in [-0.3, -0.25) is 4.90 Å². The normalized spacial score (nSPS) is 19.3. The van der Waals surface area contributed by atoms with Gasteiger partial charge in [-0.25, -0.2) is 18.7 Å². The lowest BCUT2D eigenvalue weighted by atomic mass is 10.00. The number of amides is 1. The van der Waals surface area contributed by atoms with Crippen molar-refractivity contribution in [3.05, 3.63) is 48.2 Å². The standard InChI is InChI=1S/C20H24FN7O3/c1-31-17-8-13(2-3-14(17)21)25-19-18-12(4-7-28(18)24-11-23-19)9-27-6-5-15(22)16(10-27)26-20(29)30/h2-4,7-8,11,15-16,26H,5-6,9-10,22H2,1H3,(H,29,30)(H,23,24,25)/t15-,16-/m1/s1. The molecule has 5 N–H and O–H groups in total. The lowest BCUT2D eigenvalue weighted by molar-refractivity contribution is 0.149. The maximum absolute atomic E-state index is 13.7. The molecule has 11 heteroatoms. The van der Waals surface area contributed by atoms with E-state index in [4.69, 9.17) is 15.6 Å². The molecule has 1 saturated heterocycles. The molecule has 0 spiro atoms. The van der Waals surface area contributed by atoms with E-state index in [1.807, 2.05) is 12.3 Å². The highest BCUT2D eigenvalue weighted by atomic mass is 19.1. The lowest BCUT2D eigenvalue weighted by Gasteiger charge is -2.36. The molecule has 31 heavy (non-hydrogen) atoms. The van der Waals surface area contributed by atoms with Crippen LogP contribution in [0.2, 0.25) is 0 Å². The van der Waals surface area contributed by atoms with Crippen LogP contribution in [0.1, 0.15) is 12.0 Å². The van der Waals surface area contributed by atoms with Crippen LogP contribution in [-0.2, 0) is 6.54 Å². The van der Waals surface area contributed by atoms with Crippen molar-refractivity contribution in [2.45, 2.75) is 25.0 Å². The first-order valence-corrected chi connectivity index (χ1v) is 9.84. The van der Waals surface area contributed by atoms with Gasteiger partial charge in [0.05, 0.1) is 13.2 Å². The minimum absolute atomic E-state index is 0.132. The summed E-state index contributed by atoms with van der Waals surface area (Å²) >= 11 is 0. The van der Waals surface area contributed by atoms with E-state index in [0.717, 1.165) is 17.6 Å². The van der Waals surface area contributed by atoms with Crippen LogP contribution in [0.25, 0.3) is 5.52 Å². The number of benzene rings is 1. The number of nitrogens with zero attached hydrogens (tertiary/aromatic N) is 4. The summed E-state index contributed by atoms with van der Waals surface area (Å²) in [5.74, 6) is 0.252. The number of aromatic nitrogens is 3. The number of methoxy groups -OCH3 is 1. The van der Waals surface area contributed by atoms with Crippen LogP contribution in [0.15, 0.2) is 36.8 Å². The van der Waals surface area contributed by atoms with Gasteiger partial charge < -0.3 is 26.2 Å².